The van der Waals surface area contributed by atoms with Crippen molar-refractivity contribution in [3.8, 4) is 11.8 Å². The molecule has 0 rings (SSSR count). The van der Waals surface area contributed by atoms with E-state index in [0.29, 0.717) is 6.42 Å². The van der Waals surface area contributed by atoms with Gasteiger partial charge < -0.3 is 15.3 Å². The van der Waals surface area contributed by atoms with Gasteiger partial charge in [-0.15, -0.1) is 5.92 Å². The third-order valence-electron chi connectivity index (χ3n) is 1.65. The van der Waals surface area contributed by atoms with E-state index in [0.717, 1.165) is 12.8 Å². The Morgan fingerprint density at radius 2 is 2.07 bits per heavy atom. The summed E-state index contributed by atoms with van der Waals surface area (Å²) in [4.78, 5) is 10.2. The van der Waals surface area contributed by atoms with E-state index in [1.54, 1.807) is 0 Å². The predicted molar refractivity (Wildman–Crippen MR) is 51.6 cm³/mol. The van der Waals surface area contributed by atoms with Crippen molar-refractivity contribution in [1.29, 1.82) is 0 Å². The van der Waals surface area contributed by atoms with Crippen LogP contribution in [0.2, 0.25) is 0 Å². The van der Waals surface area contributed by atoms with Gasteiger partial charge >= 0.3 is 5.97 Å². The number of aliphatic carboxylic acids is 1. The number of rotatable bonds is 5. The molecular weight excluding hydrogens is 184 g/mol. The molecule has 2 atom stereocenters. The van der Waals surface area contributed by atoms with Crippen molar-refractivity contribution in [1.82, 2.24) is 0 Å². The van der Waals surface area contributed by atoms with Crippen molar-refractivity contribution in [2.24, 2.45) is 0 Å². The average Bonchev–Trinajstić information content (AvgIpc) is 2.11. The van der Waals surface area contributed by atoms with E-state index in [1.807, 2.05) is 6.92 Å². The largest absolute Gasteiger partial charge is 0.481 e. The van der Waals surface area contributed by atoms with Gasteiger partial charge in [0.2, 0.25) is 0 Å². The van der Waals surface area contributed by atoms with Crippen molar-refractivity contribution >= 4 is 5.97 Å². The zero-order valence-corrected chi connectivity index (χ0v) is 8.23. The summed E-state index contributed by atoms with van der Waals surface area (Å²) in [6, 6.07) is 0. The van der Waals surface area contributed by atoms with Gasteiger partial charge in [0.15, 0.2) is 0 Å². The molecule has 0 amide bonds. The SMILES string of the molecule is CCCCC#CC(O)C(O)CC(=O)O. The van der Waals surface area contributed by atoms with Gasteiger partial charge in [-0.2, -0.15) is 0 Å². The zero-order chi connectivity index (χ0) is 11.0. The number of hydrogen-bond donors (Lipinski definition) is 3. The number of aliphatic hydroxyl groups is 2. The van der Waals surface area contributed by atoms with Gasteiger partial charge in [-0.25, -0.2) is 0 Å². The average molecular weight is 200 g/mol. The van der Waals surface area contributed by atoms with Gasteiger partial charge in [-0.05, 0) is 6.42 Å². The normalized spacial score (nSPS) is 13.9. The summed E-state index contributed by atoms with van der Waals surface area (Å²) in [5.41, 5.74) is 0. The van der Waals surface area contributed by atoms with Crippen molar-refractivity contribution in [2.45, 2.75) is 44.8 Å². The maximum Gasteiger partial charge on any atom is 0.306 e. The molecule has 4 nitrogen and oxygen atoms in total. The molecule has 0 aromatic rings. The van der Waals surface area contributed by atoms with Gasteiger partial charge in [-0.3, -0.25) is 4.79 Å². The molecule has 0 saturated heterocycles. The molecule has 0 spiro atoms. The van der Waals surface area contributed by atoms with Crippen molar-refractivity contribution in [3.05, 3.63) is 0 Å². The van der Waals surface area contributed by atoms with Gasteiger partial charge in [0.1, 0.15) is 12.2 Å². The zero-order valence-electron chi connectivity index (χ0n) is 8.23. The lowest BCUT2D eigenvalue weighted by atomic mass is 10.1. The fourth-order valence-corrected chi connectivity index (χ4v) is 0.829. The van der Waals surface area contributed by atoms with Gasteiger partial charge in [-0.1, -0.05) is 19.3 Å². The molecular formula is C10H16O4. The van der Waals surface area contributed by atoms with Gasteiger partial charge in [0.05, 0.1) is 6.42 Å². The Hall–Kier alpha value is -1.05. The number of unbranched alkanes of at least 4 members (excludes halogenated alkanes) is 2. The topological polar surface area (TPSA) is 77.8 Å². The highest BCUT2D eigenvalue weighted by Crippen LogP contribution is 1.98. The van der Waals surface area contributed by atoms with Crippen LogP contribution in [0.1, 0.15) is 32.6 Å². The van der Waals surface area contributed by atoms with E-state index >= 15 is 0 Å². The number of carboxylic acids is 1. The van der Waals surface area contributed by atoms with Crippen LogP contribution in [0.15, 0.2) is 0 Å². The summed E-state index contributed by atoms with van der Waals surface area (Å²) in [5, 5.41) is 26.6. The Bertz CT molecular complexity index is 226. The molecule has 2 unspecified atom stereocenters. The van der Waals surface area contributed by atoms with Crippen LogP contribution in [0, 0.1) is 11.8 Å². The monoisotopic (exact) mass is 200 g/mol. The fraction of sp³-hybridized carbons (Fsp3) is 0.700. The molecule has 0 bridgehead atoms. The molecule has 0 aromatic heterocycles. The highest BCUT2D eigenvalue weighted by Gasteiger charge is 2.16. The van der Waals surface area contributed by atoms with E-state index < -0.39 is 24.6 Å². The van der Waals surface area contributed by atoms with Crippen LogP contribution in [0.25, 0.3) is 0 Å². The molecule has 14 heavy (non-hydrogen) atoms. The third kappa shape index (κ3) is 6.46. The molecule has 0 aromatic carbocycles. The lowest BCUT2D eigenvalue weighted by molar-refractivity contribution is -0.140. The van der Waals surface area contributed by atoms with E-state index in [1.165, 1.54) is 0 Å². The van der Waals surface area contributed by atoms with Crippen LogP contribution >= 0.6 is 0 Å². The number of carboxylic acid groups (broad SMARTS) is 1. The second kappa shape index (κ2) is 7.36. The lowest BCUT2D eigenvalue weighted by Crippen LogP contribution is -2.26. The van der Waals surface area contributed by atoms with Crippen LogP contribution in [-0.4, -0.2) is 33.5 Å². The molecule has 0 radical (unpaired) electrons. The Kier molecular flexibility index (Phi) is 6.81. The van der Waals surface area contributed by atoms with Gasteiger partial charge in [0, 0.05) is 6.42 Å². The first-order chi connectivity index (χ1) is 6.57. The minimum absolute atomic E-state index is 0.483. The van der Waals surface area contributed by atoms with Crippen molar-refractivity contribution in [3.63, 3.8) is 0 Å². The third-order valence-corrected chi connectivity index (χ3v) is 1.65. The Balaban J connectivity index is 3.85. The Morgan fingerprint density at radius 3 is 2.57 bits per heavy atom. The standard InChI is InChI=1S/C10H16O4/c1-2-3-4-5-6-8(11)9(12)7-10(13)14/h8-9,11-12H,2-4,7H2,1H3,(H,13,14). The summed E-state index contributed by atoms with van der Waals surface area (Å²) < 4.78 is 0. The molecule has 0 saturated carbocycles. The molecule has 3 N–H and O–H groups in total. The first-order valence-corrected chi connectivity index (χ1v) is 4.64. The Morgan fingerprint density at radius 1 is 1.43 bits per heavy atom. The maximum absolute atomic E-state index is 10.2. The van der Waals surface area contributed by atoms with Crippen LogP contribution in [0.3, 0.4) is 0 Å². The molecule has 0 aliphatic rings. The minimum Gasteiger partial charge on any atom is -0.481 e. The summed E-state index contributed by atoms with van der Waals surface area (Å²) in [6.45, 7) is 2.03. The summed E-state index contributed by atoms with van der Waals surface area (Å²) in [6.07, 6.45) is -0.432. The van der Waals surface area contributed by atoms with E-state index in [9.17, 15) is 9.90 Å². The van der Waals surface area contributed by atoms with Crippen molar-refractivity contribution < 1.29 is 20.1 Å². The second-order valence-corrected chi connectivity index (χ2v) is 3.03. The van der Waals surface area contributed by atoms with Crippen LogP contribution < -0.4 is 0 Å². The first-order valence-electron chi connectivity index (χ1n) is 4.64. The summed E-state index contributed by atoms with van der Waals surface area (Å²) in [5.74, 6) is 3.96. The van der Waals surface area contributed by atoms with Crippen LogP contribution in [0.5, 0.6) is 0 Å². The van der Waals surface area contributed by atoms with Crippen molar-refractivity contribution in [2.75, 3.05) is 0 Å². The maximum atomic E-state index is 10.2. The smallest absolute Gasteiger partial charge is 0.306 e. The fourth-order valence-electron chi connectivity index (χ4n) is 0.829. The number of carbonyl (C=O) groups is 1. The summed E-state index contributed by atoms with van der Waals surface area (Å²) >= 11 is 0. The predicted octanol–water partition coefficient (Wildman–Crippen LogP) is 0.377. The highest BCUT2D eigenvalue weighted by atomic mass is 16.4. The van der Waals surface area contributed by atoms with Gasteiger partial charge in [0.25, 0.3) is 0 Å². The summed E-state index contributed by atoms with van der Waals surface area (Å²) in [7, 11) is 0. The quantitative estimate of drug-likeness (QED) is 0.443. The molecule has 0 heterocycles. The molecule has 0 fully saturated rings. The lowest BCUT2D eigenvalue weighted by Gasteiger charge is -2.09. The first kappa shape index (κ1) is 12.9. The molecule has 0 aliphatic heterocycles. The minimum atomic E-state index is -1.30. The second-order valence-electron chi connectivity index (χ2n) is 3.03. The van der Waals surface area contributed by atoms with Crippen LogP contribution in [0.4, 0.5) is 0 Å². The molecule has 4 heteroatoms. The van der Waals surface area contributed by atoms with E-state index in [2.05, 4.69) is 11.8 Å². The molecule has 80 valence electrons. The van der Waals surface area contributed by atoms with Crippen LogP contribution in [-0.2, 0) is 4.79 Å². The number of aliphatic hydroxyl groups excluding tert-OH is 2. The van der Waals surface area contributed by atoms with E-state index in [4.69, 9.17) is 10.2 Å². The number of hydrogen-bond acceptors (Lipinski definition) is 3. The molecule has 0 aliphatic carbocycles. The van der Waals surface area contributed by atoms with E-state index in [-0.39, 0.29) is 0 Å². The highest BCUT2D eigenvalue weighted by molar-refractivity contribution is 5.67. The Labute approximate surface area is 83.6 Å².